The number of allylic oxidation sites excluding steroid dienone is 5. The van der Waals surface area contributed by atoms with E-state index in [1.54, 1.807) is 52.0 Å². The molecule has 1 aliphatic carbocycles. The molecule has 17 nitrogen and oxygen atoms in total. The minimum Gasteiger partial charge on any atom is -0.507 e. The normalized spacial score (nSPS) is 32.3. The number of piperidine rings is 1. The Morgan fingerprint density at radius 3 is 2.34 bits per heavy atom. The number of ketones is 2. The number of nitrogens with zero attached hydrogens (tertiary/aromatic N) is 3. The molecule has 0 saturated carbocycles. The summed E-state index contributed by atoms with van der Waals surface area (Å²) in [6.45, 7) is 19.2. The van der Waals surface area contributed by atoms with Gasteiger partial charge >= 0.3 is 17.7 Å². The number of aliphatic hydroxyl groups is 2. The first kappa shape index (κ1) is 50.5. The number of fused-ring (bicyclic) bond motifs is 13. The lowest BCUT2D eigenvalue weighted by molar-refractivity contribution is -0.169. The molecule has 5 N–H and O–H groups in total. The average molecular weight is 944 g/mol. The molecule has 2 fully saturated rings. The molecule has 7 aliphatic rings. The summed E-state index contributed by atoms with van der Waals surface area (Å²) >= 11 is 0. The second kappa shape index (κ2) is 19.9. The maximum atomic E-state index is 14.8. The molecule has 370 valence electrons. The summed E-state index contributed by atoms with van der Waals surface area (Å²) in [6, 6.07) is 0. The average Bonchev–Trinajstić information content (AvgIpc) is 3.96. The van der Waals surface area contributed by atoms with Gasteiger partial charge in [-0.15, -0.1) is 0 Å². The van der Waals surface area contributed by atoms with E-state index in [1.807, 2.05) is 11.9 Å². The van der Waals surface area contributed by atoms with Gasteiger partial charge in [0, 0.05) is 87.4 Å². The Kier molecular flexibility index (Phi) is 14.8. The number of rotatable bonds is 6. The number of aliphatic hydroxyl groups excluding tert-OH is 2. The van der Waals surface area contributed by atoms with Gasteiger partial charge in [0.2, 0.25) is 5.78 Å². The number of carbonyl (C=O) groups is 5. The smallest absolute Gasteiger partial charge is 0.320 e. The van der Waals surface area contributed by atoms with Crippen LogP contribution in [0.3, 0.4) is 0 Å². The van der Waals surface area contributed by atoms with Crippen molar-refractivity contribution in [2.24, 2.45) is 34.6 Å². The molecule has 2 saturated heterocycles. The Morgan fingerprint density at radius 2 is 1.68 bits per heavy atom. The predicted octanol–water partition coefficient (Wildman–Crippen LogP) is 4.61. The van der Waals surface area contributed by atoms with E-state index in [4.69, 9.17) is 23.9 Å². The molecule has 8 rings (SSSR count). The fraction of sp³-hybridized carbons (Fsp3) is 0.608. The number of hydrogen-bond donors (Lipinski definition) is 5. The van der Waals surface area contributed by atoms with Crippen molar-refractivity contribution in [3.63, 3.8) is 0 Å². The monoisotopic (exact) mass is 943 g/mol. The molecule has 6 heterocycles. The fourth-order valence-corrected chi connectivity index (χ4v) is 9.89. The number of likely N-dealkylation sites (tertiary alicyclic amines) is 2. The number of hydrogen-bond acceptors (Lipinski definition) is 16. The predicted molar refractivity (Wildman–Crippen MR) is 252 cm³/mol. The highest BCUT2D eigenvalue weighted by Gasteiger charge is 2.54. The van der Waals surface area contributed by atoms with Crippen LogP contribution in [-0.2, 0) is 28.6 Å². The summed E-state index contributed by atoms with van der Waals surface area (Å²) in [5.41, 5.74) is -0.251. The highest BCUT2D eigenvalue weighted by molar-refractivity contribution is 6.34. The molecule has 17 heteroatoms. The van der Waals surface area contributed by atoms with Gasteiger partial charge in [0.1, 0.15) is 35.1 Å². The van der Waals surface area contributed by atoms with Gasteiger partial charge in [-0.1, -0.05) is 52.8 Å². The minimum atomic E-state index is -1.96. The topological polar surface area (TPSA) is 226 Å². The quantitative estimate of drug-likeness (QED) is 0.194. The molecule has 0 radical (unpaired) electrons. The van der Waals surface area contributed by atoms with Crippen molar-refractivity contribution in [2.75, 3.05) is 39.8 Å². The third-order valence-electron chi connectivity index (χ3n) is 14.4. The van der Waals surface area contributed by atoms with Gasteiger partial charge in [-0.05, 0) is 58.6 Å². The molecule has 5 bridgehead atoms. The first-order chi connectivity index (χ1) is 32.0. The molecule has 1 aromatic rings. The molecule has 1 spiro atoms. The highest BCUT2D eigenvalue weighted by atomic mass is 16.7. The number of benzene rings is 1. The van der Waals surface area contributed by atoms with Crippen LogP contribution >= 0.6 is 0 Å². The number of likely N-dealkylation sites (N-methyl/N-ethyl adjacent to an activating group) is 1. The van der Waals surface area contributed by atoms with Crippen LogP contribution in [0.15, 0.2) is 52.5 Å². The first-order valence-corrected chi connectivity index (χ1v) is 24.0. The minimum absolute atomic E-state index is 0.0142. The summed E-state index contributed by atoms with van der Waals surface area (Å²) < 4.78 is 24.0. The van der Waals surface area contributed by atoms with Crippen LogP contribution < -0.4 is 15.4 Å². The number of carbonyl (C=O) groups excluding carboxylic acids is 5. The molecular formula is C51H69N5O12. The van der Waals surface area contributed by atoms with Crippen LogP contribution in [-0.4, -0.2) is 136 Å². The Balaban J connectivity index is 1.24. The van der Waals surface area contributed by atoms with E-state index in [1.165, 1.54) is 27.0 Å². The fourth-order valence-electron chi connectivity index (χ4n) is 9.89. The van der Waals surface area contributed by atoms with Crippen LogP contribution in [0.1, 0.15) is 119 Å². The molecular weight excluding hydrogens is 875 g/mol. The molecule has 1 aromatic carbocycles. The highest BCUT2D eigenvalue weighted by Crippen LogP contribution is 2.50. The van der Waals surface area contributed by atoms with Crippen molar-refractivity contribution in [2.45, 2.75) is 130 Å². The van der Waals surface area contributed by atoms with Gasteiger partial charge in [0.15, 0.2) is 5.92 Å². The van der Waals surface area contributed by atoms with E-state index < -0.39 is 88.6 Å². The van der Waals surface area contributed by atoms with E-state index in [0.717, 1.165) is 13.1 Å². The number of phenols is 1. The molecule has 9 atom stereocenters. The van der Waals surface area contributed by atoms with Crippen LogP contribution in [0.5, 0.6) is 11.5 Å². The summed E-state index contributed by atoms with van der Waals surface area (Å²) in [6.07, 6.45) is 6.17. The maximum Gasteiger partial charge on any atom is 0.320 e. The van der Waals surface area contributed by atoms with E-state index >= 15 is 0 Å². The van der Waals surface area contributed by atoms with Gasteiger partial charge in [-0.2, -0.15) is 0 Å². The largest absolute Gasteiger partial charge is 0.507 e. The summed E-state index contributed by atoms with van der Waals surface area (Å²) in [5, 5.41) is 41.1. The number of amides is 1. The Hall–Kier alpha value is -5.36. The summed E-state index contributed by atoms with van der Waals surface area (Å²) in [4.78, 5) is 79.7. The van der Waals surface area contributed by atoms with E-state index in [2.05, 4.69) is 29.4 Å². The number of aromatic hydroxyl groups is 1. The van der Waals surface area contributed by atoms with E-state index in [0.29, 0.717) is 44.8 Å². The van der Waals surface area contributed by atoms with E-state index in [-0.39, 0.29) is 69.6 Å². The van der Waals surface area contributed by atoms with Gasteiger partial charge in [-0.25, -0.2) is 0 Å². The van der Waals surface area contributed by atoms with Gasteiger partial charge in [0.05, 0.1) is 41.0 Å². The number of esters is 2. The molecule has 0 aromatic heterocycles. The van der Waals surface area contributed by atoms with Crippen molar-refractivity contribution in [1.82, 2.24) is 20.4 Å². The molecule has 68 heavy (non-hydrogen) atoms. The number of Topliss-reactive ketones (excluding diaryl/α,β-unsaturated/α-hetero) is 2. The molecule has 4 unspecified atom stereocenters. The van der Waals surface area contributed by atoms with Crippen LogP contribution in [0.2, 0.25) is 0 Å². The zero-order valence-electron chi connectivity index (χ0n) is 41.0. The number of ether oxygens (including phenoxy) is 4. The number of aliphatic imine (C=N–C) groups is 1. The lowest BCUT2D eigenvalue weighted by Gasteiger charge is -2.38. The zero-order chi connectivity index (χ0) is 49.6. The first-order valence-electron chi connectivity index (χ1n) is 24.0. The number of phenolic OH excluding ortho intramolecular Hbond substituents is 1. The SMILES string of the molecule is C/C1=C/C=C/C(C)[C@H](O)[C@@H](C)[C@@H](O)C[C@H](OC(=O)C(C)C(=O)OC2CCN(C)C2)[C@H](C)C/C=C/OC2(C)Oc3c(C)c(O)c4c(c3C2=O)C2=NC3(CCN(CC(C)C)CC3)NC2=C(NC1=O)C4=O. The third kappa shape index (κ3) is 10.0. The van der Waals surface area contributed by atoms with Crippen molar-refractivity contribution < 1.29 is 58.2 Å². The second-order valence-corrected chi connectivity index (χ2v) is 20.4. The van der Waals surface area contributed by atoms with Crippen LogP contribution in [0.25, 0.3) is 0 Å². The van der Waals surface area contributed by atoms with Crippen LogP contribution in [0.4, 0.5) is 0 Å². The Bertz CT molecular complexity index is 2360. The van der Waals surface area contributed by atoms with Crippen molar-refractivity contribution >= 4 is 35.1 Å². The molecule has 1 amide bonds. The van der Waals surface area contributed by atoms with Crippen molar-refractivity contribution in [1.29, 1.82) is 0 Å². The van der Waals surface area contributed by atoms with Gasteiger partial charge in [0.25, 0.3) is 11.7 Å². The standard InChI is InChI=1S/C51H69N5O12/c1-26(2)24-56-20-17-51(18-21-56)53-39-36-37-43(59)31(7)45-38(36)46(61)50(9,68-45)65-22-12-15-27(3)35(67-49(64)32(8)48(63)66-33-16-19-55(10)25-33)23-34(57)30(6)42(58)28(4)13-11-14-29(5)47(62)52-41(44(37)60)40(39)54-51/h11-14,22,26-28,30,32-35,42,54,57-59H,15-21,23-25H2,1-10H3,(H,52,62)/b13-11+,22-12+,29-14-/t27-,28?,30+,32?,33?,34+,35+,42+,50?/m1/s1. The third-order valence-corrected chi connectivity index (χ3v) is 14.4. The van der Waals surface area contributed by atoms with Gasteiger partial charge < -0.3 is 54.7 Å². The number of nitrogens with one attached hydrogen (secondary N) is 2. The van der Waals surface area contributed by atoms with Crippen molar-refractivity contribution in [3.8, 4) is 11.5 Å². The Labute approximate surface area is 398 Å². The van der Waals surface area contributed by atoms with Crippen LogP contribution in [0, 0.1) is 36.5 Å². The van der Waals surface area contributed by atoms with Crippen molar-refractivity contribution in [3.05, 3.63) is 69.8 Å². The Morgan fingerprint density at radius 1 is 0.985 bits per heavy atom. The summed E-state index contributed by atoms with van der Waals surface area (Å²) in [5.74, 6) is -8.33. The zero-order valence-corrected chi connectivity index (χ0v) is 41.0. The summed E-state index contributed by atoms with van der Waals surface area (Å²) in [7, 11) is 1.92. The maximum absolute atomic E-state index is 14.8. The lowest BCUT2D eigenvalue weighted by atomic mass is 9.82. The van der Waals surface area contributed by atoms with Gasteiger partial charge in [-0.3, -0.25) is 29.0 Å². The van der Waals surface area contributed by atoms with E-state index in [9.17, 15) is 39.3 Å². The second-order valence-electron chi connectivity index (χ2n) is 20.4. The lowest BCUT2D eigenvalue weighted by Crippen LogP contribution is -2.50. The molecule has 6 aliphatic heterocycles.